The Kier molecular flexibility index (Phi) is 7.34. The molecule has 0 amide bonds. The topological polar surface area (TPSA) is 88.1 Å². The van der Waals surface area contributed by atoms with Crippen molar-refractivity contribution in [3.63, 3.8) is 0 Å². The highest BCUT2D eigenvalue weighted by Crippen LogP contribution is 2.28. The summed E-state index contributed by atoms with van der Waals surface area (Å²) < 4.78 is 5.77. The highest BCUT2D eigenvalue weighted by Gasteiger charge is 2.14. The number of aromatic amines is 1. The first kappa shape index (κ1) is 22.9. The SMILES string of the molecule is O=C(O)/C(=C/c1ccc(OCc2ccccc2Cl)cc1)Sc1n[nH]c(-c2ccc(Cl)cc2)n1. The number of hydrogen-bond acceptors (Lipinski definition) is 5. The Hall–Kier alpha value is -3.26. The Bertz CT molecular complexity index is 1290. The summed E-state index contributed by atoms with van der Waals surface area (Å²) in [7, 11) is 0. The number of ether oxygens (including phenoxy) is 1. The number of rotatable bonds is 8. The van der Waals surface area contributed by atoms with Crippen LogP contribution in [0.4, 0.5) is 0 Å². The van der Waals surface area contributed by atoms with Crippen LogP contribution < -0.4 is 4.74 Å². The minimum absolute atomic E-state index is 0.0846. The van der Waals surface area contributed by atoms with Gasteiger partial charge in [-0.15, -0.1) is 5.10 Å². The van der Waals surface area contributed by atoms with E-state index in [1.807, 2.05) is 24.3 Å². The van der Waals surface area contributed by atoms with Crippen molar-refractivity contribution in [2.24, 2.45) is 0 Å². The molecule has 166 valence electrons. The van der Waals surface area contributed by atoms with Gasteiger partial charge in [0.2, 0.25) is 5.16 Å². The molecule has 0 fully saturated rings. The minimum atomic E-state index is -1.07. The molecule has 33 heavy (non-hydrogen) atoms. The van der Waals surface area contributed by atoms with Gasteiger partial charge in [0, 0.05) is 21.2 Å². The largest absolute Gasteiger partial charge is 0.489 e. The number of nitrogens with one attached hydrogen (secondary N) is 1. The number of carboxylic acid groups (broad SMARTS) is 1. The summed E-state index contributed by atoms with van der Waals surface area (Å²) in [4.78, 5) is 16.2. The van der Waals surface area contributed by atoms with Gasteiger partial charge in [-0.25, -0.2) is 9.78 Å². The third-order valence-corrected chi connectivity index (χ3v) is 6.02. The molecule has 0 spiro atoms. The molecule has 1 aromatic heterocycles. The van der Waals surface area contributed by atoms with E-state index in [0.29, 0.717) is 38.9 Å². The van der Waals surface area contributed by atoms with E-state index < -0.39 is 5.97 Å². The van der Waals surface area contributed by atoms with Gasteiger partial charge in [-0.05, 0) is 65.9 Å². The third-order valence-electron chi connectivity index (χ3n) is 4.52. The molecule has 0 saturated heterocycles. The van der Waals surface area contributed by atoms with Crippen molar-refractivity contribution in [1.82, 2.24) is 15.2 Å². The van der Waals surface area contributed by atoms with Crippen molar-refractivity contribution in [3.8, 4) is 17.1 Å². The van der Waals surface area contributed by atoms with Crippen molar-refractivity contribution in [3.05, 3.63) is 98.9 Å². The molecule has 0 aliphatic carbocycles. The summed E-state index contributed by atoms with van der Waals surface area (Å²) in [6, 6.07) is 21.7. The molecule has 4 rings (SSSR count). The predicted molar refractivity (Wildman–Crippen MR) is 131 cm³/mol. The first-order chi connectivity index (χ1) is 16.0. The van der Waals surface area contributed by atoms with Gasteiger partial charge >= 0.3 is 5.97 Å². The van der Waals surface area contributed by atoms with Crippen molar-refractivity contribution in [2.75, 3.05) is 0 Å². The molecular formula is C24H17Cl2N3O3S. The summed E-state index contributed by atoms with van der Waals surface area (Å²) in [6.07, 6.45) is 1.56. The van der Waals surface area contributed by atoms with Gasteiger partial charge in [-0.1, -0.05) is 53.5 Å². The second-order valence-corrected chi connectivity index (χ2v) is 8.69. The maximum absolute atomic E-state index is 11.8. The minimum Gasteiger partial charge on any atom is -0.489 e. The van der Waals surface area contributed by atoms with Gasteiger partial charge in [-0.2, -0.15) is 0 Å². The van der Waals surface area contributed by atoms with Crippen molar-refractivity contribution >= 4 is 47.0 Å². The molecule has 9 heteroatoms. The first-order valence-electron chi connectivity index (χ1n) is 9.75. The number of halogens is 2. The molecule has 1 heterocycles. The Morgan fingerprint density at radius 3 is 2.45 bits per heavy atom. The summed E-state index contributed by atoms with van der Waals surface area (Å²) >= 11 is 13.0. The van der Waals surface area contributed by atoms with Gasteiger partial charge in [0.25, 0.3) is 0 Å². The maximum atomic E-state index is 11.8. The first-order valence-corrected chi connectivity index (χ1v) is 11.3. The van der Waals surface area contributed by atoms with Gasteiger partial charge in [-0.3, -0.25) is 5.10 Å². The third kappa shape index (κ3) is 6.16. The van der Waals surface area contributed by atoms with Gasteiger partial charge in [0.15, 0.2) is 5.82 Å². The Labute approximate surface area is 204 Å². The van der Waals surface area contributed by atoms with Crippen molar-refractivity contribution in [2.45, 2.75) is 11.8 Å². The van der Waals surface area contributed by atoms with Crippen molar-refractivity contribution in [1.29, 1.82) is 0 Å². The number of hydrogen-bond donors (Lipinski definition) is 2. The van der Waals surface area contributed by atoms with E-state index >= 15 is 0 Å². The molecule has 0 unspecified atom stereocenters. The lowest BCUT2D eigenvalue weighted by atomic mass is 10.2. The number of carbonyl (C=O) groups is 1. The number of nitrogens with zero attached hydrogens (tertiary/aromatic N) is 2. The zero-order valence-corrected chi connectivity index (χ0v) is 19.4. The maximum Gasteiger partial charge on any atom is 0.342 e. The molecule has 3 aromatic carbocycles. The lowest BCUT2D eigenvalue weighted by Gasteiger charge is -2.08. The van der Waals surface area contributed by atoms with Crippen molar-refractivity contribution < 1.29 is 14.6 Å². The van der Waals surface area contributed by atoms with E-state index in [0.717, 1.165) is 22.9 Å². The molecule has 0 radical (unpaired) electrons. The van der Waals surface area contributed by atoms with E-state index in [1.165, 1.54) is 0 Å². The molecular weight excluding hydrogens is 481 g/mol. The molecule has 0 atom stereocenters. The van der Waals surface area contributed by atoms with Crippen LogP contribution in [0.1, 0.15) is 11.1 Å². The van der Waals surface area contributed by atoms with Crippen LogP contribution in [-0.4, -0.2) is 26.3 Å². The molecule has 0 aliphatic heterocycles. The zero-order chi connectivity index (χ0) is 23.2. The summed E-state index contributed by atoms with van der Waals surface area (Å²) in [6.45, 7) is 0.339. The fraction of sp³-hybridized carbons (Fsp3) is 0.0417. The normalized spacial score (nSPS) is 11.4. The van der Waals surface area contributed by atoms with Crippen LogP contribution in [0.3, 0.4) is 0 Å². The fourth-order valence-electron chi connectivity index (χ4n) is 2.85. The van der Waals surface area contributed by atoms with Gasteiger partial charge in [0.1, 0.15) is 17.3 Å². The smallest absolute Gasteiger partial charge is 0.342 e. The number of H-pyrrole nitrogens is 1. The van der Waals surface area contributed by atoms with Crippen LogP contribution in [0.15, 0.2) is 82.9 Å². The lowest BCUT2D eigenvalue weighted by Crippen LogP contribution is -1.98. The average molecular weight is 498 g/mol. The summed E-state index contributed by atoms with van der Waals surface area (Å²) in [5.41, 5.74) is 2.39. The summed E-state index contributed by atoms with van der Waals surface area (Å²) in [5, 5.41) is 18.1. The molecule has 0 saturated carbocycles. The fourth-order valence-corrected chi connectivity index (χ4v) is 3.87. The van der Waals surface area contributed by atoms with Crippen LogP contribution >= 0.6 is 35.0 Å². The number of aliphatic carboxylic acids is 1. The van der Waals surface area contributed by atoms with E-state index in [-0.39, 0.29) is 4.91 Å². The molecule has 6 nitrogen and oxygen atoms in total. The monoisotopic (exact) mass is 497 g/mol. The van der Waals surface area contributed by atoms with E-state index in [9.17, 15) is 9.90 Å². The Morgan fingerprint density at radius 2 is 1.76 bits per heavy atom. The Balaban J connectivity index is 1.44. The van der Waals surface area contributed by atoms with Crippen LogP contribution in [0.5, 0.6) is 5.75 Å². The summed E-state index contributed by atoms with van der Waals surface area (Å²) in [5.74, 6) is 0.106. The zero-order valence-electron chi connectivity index (χ0n) is 17.0. The predicted octanol–water partition coefficient (Wildman–Crippen LogP) is 6.58. The van der Waals surface area contributed by atoms with Gasteiger partial charge < -0.3 is 9.84 Å². The highest BCUT2D eigenvalue weighted by atomic mass is 35.5. The lowest BCUT2D eigenvalue weighted by molar-refractivity contribution is -0.131. The highest BCUT2D eigenvalue weighted by molar-refractivity contribution is 8.04. The van der Waals surface area contributed by atoms with Gasteiger partial charge in [0.05, 0.1) is 0 Å². The quantitative estimate of drug-likeness (QED) is 0.211. The van der Waals surface area contributed by atoms with E-state index in [1.54, 1.807) is 54.6 Å². The van der Waals surface area contributed by atoms with Crippen LogP contribution in [-0.2, 0) is 11.4 Å². The molecule has 0 bridgehead atoms. The average Bonchev–Trinajstić information content (AvgIpc) is 3.28. The standard InChI is InChI=1S/C24H17Cl2N3O3S/c25-18-9-7-16(8-10-18)22-27-24(29-28-22)33-21(23(30)31)13-15-5-11-19(12-6-15)32-14-17-3-1-2-4-20(17)26/h1-13H,14H2,(H,30,31)(H,27,28,29)/b21-13-. The second-order valence-electron chi connectivity index (χ2n) is 6.84. The van der Waals surface area contributed by atoms with Crippen LogP contribution in [0.2, 0.25) is 10.0 Å². The number of carboxylic acids is 1. The molecule has 2 N–H and O–H groups in total. The second kappa shape index (κ2) is 10.6. The number of benzene rings is 3. The number of aromatic nitrogens is 3. The van der Waals surface area contributed by atoms with E-state index in [2.05, 4.69) is 15.2 Å². The van der Waals surface area contributed by atoms with E-state index in [4.69, 9.17) is 27.9 Å². The Morgan fingerprint density at radius 1 is 1.03 bits per heavy atom. The number of thioether (sulfide) groups is 1. The van der Waals surface area contributed by atoms with Crippen LogP contribution in [0.25, 0.3) is 17.5 Å². The molecule has 4 aromatic rings. The van der Waals surface area contributed by atoms with Crippen LogP contribution in [0, 0.1) is 0 Å². The molecule has 0 aliphatic rings.